The van der Waals surface area contributed by atoms with Gasteiger partial charge < -0.3 is 9.67 Å². The smallest absolute Gasteiger partial charge is 0.311 e. The van der Waals surface area contributed by atoms with Crippen LogP contribution in [0.5, 0.6) is 0 Å². The van der Waals surface area contributed by atoms with Crippen molar-refractivity contribution in [2.75, 3.05) is 6.26 Å². The van der Waals surface area contributed by atoms with E-state index in [1.807, 2.05) is 67.9 Å². The minimum atomic E-state index is -3.38. The summed E-state index contributed by atoms with van der Waals surface area (Å²) in [4.78, 5) is 12.4. The summed E-state index contributed by atoms with van der Waals surface area (Å²) < 4.78 is 26.1. The molecule has 1 atom stereocenters. The lowest BCUT2D eigenvalue weighted by Gasteiger charge is -2.19. The van der Waals surface area contributed by atoms with Gasteiger partial charge in [-0.25, -0.2) is 8.42 Å². The van der Waals surface area contributed by atoms with Crippen molar-refractivity contribution in [2.45, 2.75) is 31.6 Å². The van der Waals surface area contributed by atoms with Crippen molar-refractivity contribution < 1.29 is 18.3 Å². The third-order valence-corrected chi connectivity index (χ3v) is 6.26. The number of nitrogens with zero attached hydrogens (tertiary/aromatic N) is 1. The van der Waals surface area contributed by atoms with Gasteiger partial charge in [0.25, 0.3) is 0 Å². The Kier molecular flexibility index (Phi) is 5.66. The largest absolute Gasteiger partial charge is 0.481 e. The van der Waals surface area contributed by atoms with Gasteiger partial charge in [-0.05, 0) is 48.2 Å². The van der Waals surface area contributed by atoms with Crippen LogP contribution in [-0.4, -0.2) is 30.3 Å². The molecule has 0 radical (unpaired) electrons. The molecule has 5 nitrogen and oxygen atoms in total. The molecule has 1 aromatic heterocycles. The first kappa shape index (κ1) is 20.9. The number of benzene rings is 2. The maximum atomic E-state index is 12.1. The molecule has 3 rings (SSSR count). The Balaban J connectivity index is 2.32. The highest BCUT2D eigenvalue weighted by atomic mass is 32.2. The second-order valence-electron chi connectivity index (χ2n) is 7.61. The van der Waals surface area contributed by atoms with Gasteiger partial charge in [0.2, 0.25) is 0 Å². The molecule has 1 unspecified atom stereocenters. The number of carbonyl (C=O) groups is 1. The van der Waals surface area contributed by atoms with E-state index in [1.165, 1.54) is 6.26 Å². The lowest BCUT2D eigenvalue weighted by Crippen LogP contribution is -2.19. The summed E-state index contributed by atoms with van der Waals surface area (Å²) in [6.07, 6.45) is 3.07. The third kappa shape index (κ3) is 4.12. The fraction of sp³-hybridized carbons (Fsp3) is 0.261. The molecule has 0 aliphatic heterocycles. The Labute approximate surface area is 171 Å². The van der Waals surface area contributed by atoms with Crippen LogP contribution in [0.15, 0.2) is 65.7 Å². The van der Waals surface area contributed by atoms with Crippen molar-refractivity contribution >= 4 is 15.8 Å². The number of sulfone groups is 1. The lowest BCUT2D eigenvalue weighted by atomic mass is 9.84. The zero-order valence-electron chi connectivity index (χ0n) is 17.0. The van der Waals surface area contributed by atoms with E-state index in [4.69, 9.17) is 0 Å². The van der Waals surface area contributed by atoms with E-state index >= 15 is 0 Å². The molecule has 29 heavy (non-hydrogen) atoms. The van der Waals surface area contributed by atoms with E-state index in [9.17, 15) is 18.3 Å². The van der Waals surface area contributed by atoms with Crippen LogP contribution in [0.1, 0.15) is 31.0 Å². The van der Waals surface area contributed by atoms with Gasteiger partial charge in [0.05, 0.1) is 10.8 Å². The van der Waals surface area contributed by atoms with Gasteiger partial charge in [0.15, 0.2) is 9.84 Å². The van der Waals surface area contributed by atoms with Gasteiger partial charge >= 0.3 is 5.97 Å². The van der Waals surface area contributed by atoms with Crippen LogP contribution in [0, 0.1) is 12.8 Å². The summed E-state index contributed by atoms with van der Waals surface area (Å²) in [5, 5.41) is 9.95. The summed E-state index contributed by atoms with van der Waals surface area (Å²) in [6, 6.07) is 16.4. The number of para-hydroxylation sites is 1. The van der Waals surface area contributed by atoms with Crippen molar-refractivity contribution in [3.05, 3.63) is 72.1 Å². The Bertz CT molecular complexity index is 1140. The average Bonchev–Trinajstić information content (AvgIpc) is 2.99. The fourth-order valence-electron chi connectivity index (χ4n) is 3.74. The average molecular weight is 412 g/mol. The fourth-order valence-corrected chi connectivity index (χ4v) is 4.40. The van der Waals surface area contributed by atoms with Crippen LogP contribution in [0.2, 0.25) is 0 Å². The predicted octanol–water partition coefficient (Wildman–Crippen LogP) is 4.68. The van der Waals surface area contributed by atoms with E-state index in [2.05, 4.69) is 0 Å². The molecule has 0 amide bonds. The Morgan fingerprint density at radius 1 is 1.03 bits per heavy atom. The highest BCUT2D eigenvalue weighted by molar-refractivity contribution is 7.90. The molecule has 0 spiro atoms. The Morgan fingerprint density at radius 3 is 2.24 bits per heavy atom. The van der Waals surface area contributed by atoms with Gasteiger partial charge in [0.1, 0.15) is 0 Å². The monoisotopic (exact) mass is 411 g/mol. The number of aliphatic carboxylic acids is 1. The molecule has 0 saturated heterocycles. The molecule has 0 aliphatic carbocycles. The van der Waals surface area contributed by atoms with E-state index in [-0.39, 0.29) is 10.8 Å². The van der Waals surface area contributed by atoms with Crippen molar-refractivity contribution in [2.24, 2.45) is 5.92 Å². The second kappa shape index (κ2) is 7.87. The molecular weight excluding hydrogens is 386 g/mol. The van der Waals surface area contributed by atoms with Crippen LogP contribution < -0.4 is 0 Å². The molecule has 0 bridgehead atoms. The predicted molar refractivity (Wildman–Crippen MR) is 114 cm³/mol. The van der Waals surface area contributed by atoms with Crippen molar-refractivity contribution in [3.8, 4) is 16.8 Å². The number of carboxylic acids is 1. The quantitative estimate of drug-likeness (QED) is 0.639. The summed E-state index contributed by atoms with van der Waals surface area (Å²) in [5.74, 6) is -1.74. The maximum Gasteiger partial charge on any atom is 0.311 e. The molecule has 0 aliphatic rings. The first-order valence-electron chi connectivity index (χ1n) is 9.41. The van der Waals surface area contributed by atoms with E-state index in [1.54, 1.807) is 18.2 Å². The normalized spacial score (nSPS) is 12.9. The summed E-state index contributed by atoms with van der Waals surface area (Å²) in [6.45, 7) is 5.67. The Hall–Kier alpha value is -2.86. The van der Waals surface area contributed by atoms with Crippen molar-refractivity contribution in [1.82, 2.24) is 4.57 Å². The number of aromatic nitrogens is 1. The standard InChI is InChI=1S/C23H25NO4S/c1-15(2)21(23(25)26)22-16(3)24(18-10-6-5-7-11-18)14-20(22)17-9-8-12-19(13-17)29(4,27)28/h5-15,21H,1-4H3,(H,25,26). The molecule has 0 saturated carbocycles. The molecule has 3 aromatic rings. The van der Waals surface area contributed by atoms with Gasteiger partial charge in [-0.15, -0.1) is 0 Å². The number of hydrogen-bond donors (Lipinski definition) is 1. The van der Waals surface area contributed by atoms with Gasteiger partial charge in [-0.3, -0.25) is 4.79 Å². The van der Waals surface area contributed by atoms with E-state index in [0.29, 0.717) is 11.1 Å². The molecule has 0 fully saturated rings. The first-order chi connectivity index (χ1) is 13.6. The number of carboxylic acid groups (broad SMARTS) is 1. The van der Waals surface area contributed by atoms with Crippen molar-refractivity contribution in [3.63, 3.8) is 0 Å². The first-order valence-corrected chi connectivity index (χ1v) is 11.3. The minimum Gasteiger partial charge on any atom is -0.481 e. The summed E-state index contributed by atoms with van der Waals surface area (Å²) >= 11 is 0. The molecule has 2 aromatic carbocycles. The van der Waals surface area contributed by atoms with Crippen LogP contribution in [0.25, 0.3) is 16.8 Å². The molecular formula is C23H25NO4S. The van der Waals surface area contributed by atoms with Crippen LogP contribution in [0.4, 0.5) is 0 Å². The van der Waals surface area contributed by atoms with E-state index in [0.717, 1.165) is 16.9 Å². The van der Waals surface area contributed by atoms with Crippen LogP contribution >= 0.6 is 0 Å². The van der Waals surface area contributed by atoms with Gasteiger partial charge in [0, 0.05) is 29.4 Å². The molecule has 152 valence electrons. The third-order valence-electron chi connectivity index (χ3n) is 5.15. The van der Waals surface area contributed by atoms with Crippen LogP contribution in [0.3, 0.4) is 0 Å². The van der Waals surface area contributed by atoms with E-state index < -0.39 is 21.7 Å². The zero-order chi connectivity index (χ0) is 21.3. The van der Waals surface area contributed by atoms with Crippen LogP contribution in [-0.2, 0) is 14.6 Å². The summed E-state index contributed by atoms with van der Waals surface area (Å²) in [5.41, 5.74) is 3.88. The lowest BCUT2D eigenvalue weighted by molar-refractivity contribution is -0.139. The molecule has 6 heteroatoms. The second-order valence-corrected chi connectivity index (χ2v) is 9.62. The van der Waals surface area contributed by atoms with Gasteiger partial charge in [-0.2, -0.15) is 0 Å². The highest BCUT2D eigenvalue weighted by Crippen LogP contribution is 2.39. The highest BCUT2D eigenvalue weighted by Gasteiger charge is 2.31. The Morgan fingerprint density at radius 2 is 1.69 bits per heavy atom. The number of rotatable bonds is 6. The summed E-state index contributed by atoms with van der Waals surface area (Å²) in [7, 11) is -3.38. The zero-order valence-corrected chi connectivity index (χ0v) is 17.8. The maximum absolute atomic E-state index is 12.1. The number of hydrogen-bond acceptors (Lipinski definition) is 3. The van der Waals surface area contributed by atoms with Gasteiger partial charge in [-0.1, -0.05) is 44.2 Å². The molecule has 1 heterocycles. The van der Waals surface area contributed by atoms with Crippen molar-refractivity contribution in [1.29, 1.82) is 0 Å². The SMILES string of the molecule is Cc1c(C(C(=O)O)C(C)C)c(-c2cccc(S(C)(=O)=O)c2)cn1-c1ccccc1. The minimum absolute atomic E-state index is 0.130. The topological polar surface area (TPSA) is 76.4 Å². The molecule has 1 N–H and O–H groups in total.